The van der Waals surface area contributed by atoms with E-state index in [-0.39, 0.29) is 11.7 Å². The fraction of sp³-hybridized carbons (Fsp3) is 0.308. The molecule has 20 heavy (non-hydrogen) atoms. The lowest BCUT2D eigenvalue weighted by Crippen LogP contribution is -2.25. The molecule has 0 saturated heterocycles. The largest absolute Gasteiger partial charge is 0.382 e. The third-order valence-electron chi connectivity index (χ3n) is 2.65. The van der Waals surface area contributed by atoms with Gasteiger partial charge in [-0.25, -0.2) is 4.98 Å². The second kappa shape index (κ2) is 6.33. The van der Waals surface area contributed by atoms with Crippen molar-refractivity contribution in [2.45, 2.75) is 6.42 Å². The van der Waals surface area contributed by atoms with Crippen molar-refractivity contribution in [3.8, 4) is 0 Å². The smallest absolute Gasteiger partial charge is 0.265 e. The van der Waals surface area contributed by atoms with Gasteiger partial charge in [-0.1, -0.05) is 17.4 Å². The van der Waals surface area contributed by atoms with Crippen LogP contribution in [0, 0.1) is 0 Å². The van der Waals surface area contributed by atoms with Crippen LogP contribution in [0.25, 0.3) is 0 Å². The lowest BCUT2D eigenvalue weighted by atomic mass is 10.2. The Morgan fingerprint density at radius 2 is 2.30 bits per heavy atom. The van der Waals surface area contributed by atoms with Gasteiger partial charge in [-0.3, -0.25) is 9.78 Å². The van der Waals surface area contributed by atoms with E-state index in [1.54, 1.807) is 12.4 Å². The Kier molecular flexibility index (Phi) is 4.52. The van der Waals surface area contributed by atoms with Gasteiger partial charge in [-0.05, 0) is 18.1 Å². The molecular formula is C13H17N5OS. The van der Waals surface area contributed by atoms with Crippen LogP contribution in [-0.2, 0) is 6.42 Å². The number of anilines is 2. The molecule has 0 saturated carbocycles. The van der Waals surface area contributed by atoms with Gasteiger partial charge in [0.2, 0.25) is 0 Å². The standard InChI is InChI=1S/C13H17N5OS/c1-18(2)13-17-11(14)10(20-13)12(19)16-7-5-9-4-3-6-15-8-9/h3-4,6,8H,5,7,14H2,1-2H3,(H,16,19). The van der Waals surface area contributed by atoms with Crippen LogP contribution >= 0.6 is 11.3 Å². The molecule has 2 aromatic heterocycles. The van der Waals surface area contributed by atoms with Gasteiger partial charge in [0.1, 0.15) is 10.7 Å². The zero-order valence-corrected chi connectivity index (χ0v) is 12.3. The van der Waals surface area contributed by atoms with Crippen molar-refractivity contribution in [1.82, 2.24) is 15.3 Å². The molecule has 0 atom stereocenters. The maximum atomic E-state index is 12.0. The van der Waals surface area contributed by atoms with Crippen LogP contribution < -0.4 is 16.0 Å². The quantitative estimate of drug-likeness (QED) is 0.863. The highest BCUT2D eigenvalue weighted by molar-refractivity contribution is 7.18. The van der Waals surface area contributed by atoms with E-state index >= 15 is 0 Å². The van der Waals surface area contributed by atoms with Gasteiger partial charge >= 0.3 is 0 Å². The molecule has 0 aliphatic carbocycles. The Labute approximate surface area is 121 Å². The highest BCUT2D eigenvalue weighted by Gasteiger charge is 2.16. The minimum atomic E-state index is -0.183. The van der Waals surface area contributed by atoms with Crippen LogP contribution in [0.1, 0.15) is 15.2 Å². The van der Waals surface area contributed by atoms with Gasteiger partial charge in [0.15, 0.2) is 5.13 Å². The summed E-state index contributed by atoms with van der Waals surface area (Å²) in [4.78, 5) is 22.5. The maximum absolute atomic E-state index is 12.0. The molecule has 1 amide bonds. The second-order valence-electron chi connectivity index (χ2n) is 4.47. The summed E-state index contributed by atoms with van der Waals surface area (Å²) in [6.07, 6.45) is 4.25. The number of rotatable bonds is 5. The van der Waals surface area contributed by atoms with Crippen molar-refractivity contribution >= 4 is 28.2 Å². The summed E-state index contributed by atoms with van der Waals surface area (Å²) in [7, 11) is 3.73. The summed E-state index contributed by atoms with van der Waals surface area (Å²) >= 11 is 1.29. The summed E-state index contributed by atoms with van der Waals surface area (Å²) in [5, 5.41) is 3.57. The SMILES string of the molecule is CN(C)c1nc(N)c(C(=O)NCCc2cccnc2)s1. The van der Waals surface area contributed by atoms with Crippen LogP contribution in [0.5, 0.6) is 0 Å². The fourth-order valence-electron chi connectivity index (χ4n) is 1.62. The van der Waals surface area contributed by atoms with E-state index in [9.17, 15) is 4.79 Å². The first-order chi connectivity index (χ1) is 9.58. The van der Waals surface area contributed by atoms with E-state index in [1.807, 2.05) is 31.1 Å². The van der Waals surface area contributed by atoms with Gasteiger partial charge in [0.25, 0.3) is 5.91 Å². The Balaban J connectivity index is 1.92. The number of nitrogens with two attached hydrogens (primary N) is 1. The number of amides is 1. The van der Waals surface area contributed by atoms with Crippen LogP contribution in [-0.4, -0.2) is 36.5 Å². The van der Waals surface area contributed by atoms with Crippen LogP contribution in [0.4, 0.5) is 10.9 Å². The summed E-state index contributed by atoms with van der Waals surface area (Å²) in [6.45, 7) is 0.541. The molecule has 0 fully saturated rings. The third-order valence-corrected chi connectivity index (χ3v) is 3.89. The van der Waals surface area contributed by atoms with Gasteiger partial charge in [0.05, 0.1) is 0 Å². The predicted molar refractivity (Wildman–Crippen MR) is 81.1 cm³/mol. The average molecular weight is 291 g/mol. The monoisotopic (exact) mass is 291 g/mol. The molecular weight excluding hydrogens is 274 g/mol. The molecule has 0 aromatic carbocycles. The maximum Gasteiger partial charge on any atom is 0.265 e. The van der Waals surface area contributed by atoms with Crippen LogP contribution in [0.3, 0.4) is 0 Å². The lowest BCUT2D eigenvalue weighted by molar-refractivity contribution is 0.0959. The molecule has 2 rings (SSSR count). The number of pyridine rings is 1. The normalized spacial score (nSPS) is 10.3. The first kappa shape index (κ1) is 14.3. The van der Waals surface area contributed by atoms with Crippen molar-refractivity contribution in [3.05, 3.63) is 35.0 Å². The van der Waals surface area contributed by atoms with E-state index in [4.69, 9.17) is 5.73 Å². The zero-order valence-electron chi connectivity index (χ0n) is 11.5. The van der Waals surface area contributed by atoms with Crippen LogP contribution in [0.15, 0.2) is 24.5 Å². The molecule has 0 unspecified atom stereocenters. The molecule has 2 aromatic rings. The summed E-state index contributed by atoms with van der Waals surface area (Å²) in [5.74, 6) is 0.0922. The van der Waals surface area contributed by atoms with E-state index in [2.05, 4.69) is 15.3 Å². The van der Waals surface area contributed by atoms with E-state index in [0.717, 1.165) is 17.1 Å². The topological polar surface area (TPSA) is 84.1 Å². The molecule has 0 bridgehead atoms. The molecule has 7 heteroatoms. The van der Waals surface area contributed by atoms with Gasteiger partial charge in [-0.15, -0.1) is 0 Å². The molecule has 0 aliphatic rings. The van der Waals surface area contributed by atoms with E-state index in [0.29, 0.717) is 11.4 Å². The Morgan fingerprint density at radius 1 is 1.50 bits per heavy atom. The van der Waals surface area contributed by atoms with Gasteiger partial charge in [0, 0.05) is 33.0 Å². The van der Waals surface area contributed by atoms with Crippen LogP contribution in [0.2, 0.25) is 0 Å². The minimum Gasteiger partial charge on any atom is -0.382 e. The first-order valence-corrected chi connectivity index (χ1v) is 7.00. The number of hydrogen-bond donors (Lipinski definition) is 2. The zero-order chi connectivity index (χ0) is 14.5. The number of thiazole rings is 1. The lowest BCUT2D eigenvalue weighted by Gasteiger charge is -2.05. The molecule has 2 heterocycles. The highest BCUT2D eigenvalue weighted by atomic mass is 32.1. The number of hydrogen-bond acceptors (Lipinski definition) is 6. The number of carbonyl (C=O) groups excluding carboxylic acids is 1. The minimum absolute atomic E-state index is 0.183. The number of aromatic nitrogens is 2. The second-order valence-corrected chi connectivity index (χ2v) is 5.45. The Bertz CT molecular complexity index is 582. The third kappa shape index (κ3) is 3.45. The van der Waals surface area contributed by atoms with Crippen molar-refractivity contribution in [3.63, 3.8) is 0 Å². The number of nitrogens with zero attached hydrogens (tertiary/aromatic N) is 3. The fourth-order valence-corrected chi connectivity index (χ4v) is 2.45. The molecule has 106 valence electrons. The summed E-state index contributed by atoms with van der Waals surface area (Å²) in [5.41, 5.74) is 6.85. The van der Waals surface area contributed by atoms with Crippen molar-refractivity contribution in [2.24, 2.45) is 0 Å². The van der Waals surface area contributed by atoms with Crippen molar-refractivity contribution in [1.29, 1.82) is 0 Å². The molecule has 0 aliphatic heterocycles. The summed E-state index contributed by atoms with van der Waals surface area (Å²) in [6, 6.07) is 3.85. The predicted octanol–water partition coefficient (Wildman–Crippen LogP) is 1.16. The molecule has 0 spiro atoms. The van der Waals surface area contributed by atoms with Gasteiger partial charge < -0.3 is 16.0 Å². The van der Waals surface area contributed by atoms with E-state index in [1.165, 1.54) is 11.3 Å². The number of nitrogens with one attached hydrogen (secondary N) is 1. The average Bonchev–Trinajstić information content (AvgIpc) is 2.82. The van der Waals surface area contributed by atoms with E-state index < -0.39 is 0 Å². The van der Waals surface area contributed by atoms with Crippen molar-refractivity contribution in [2.75, 3.05) is 31.3 Å². The molecule has 3 N–H and O–H groups in total. The summed E-state index contributed by atoms with van der Waals surface area (Å²) < 4.78 is 0. The van der Waals surface area contributed by atoms with Gasteiger partial charge in [-0.2, -0.15) is 0 Å². The number of nitrogen functional groups attached to an aromatic ring is 1. The molecule has 0 radical (unpaired) electrons. The van der Waals surface area contributed by atoms with Crippen molar-refractivity contribution < 1.29 is 4.79 Å². The Morgan fingerprint density at radius 3 is 2.90 bits per heavy atom. The highest BCUT2D eigenvalue weighted by Crippen LogP contribution is 2.26. The first-order valence-electron chi connectivity index (χ1n) is 6.18. The Hall–Kier alpha value is -2.15. The number of carbonyl (C=O) groups is 1. The molecule has 6 nitrogen and oxygen atoms in total.